The van der Waals surface area contributed by atoms with E-state index >= 15 is 0 Å². The number of aliphatic hydroxyl groups is 1. The van der Waals surface area contributed by atoms with Gasteiger partial charge in [0, 0.05) is 13.1 Å². The first kappa shape index (κ1) is 16.4. The van der Waals surface area contributed by atoms with Crippen molar-refractivity contribution in [2.24, 2.45) is 0 Å². The summed E-state index contributed by atoms with van der Waals surface area (Å²) in [5, 5.41) is 9.57. The standard InChI is InChI=1S/C15H25N5O3/c1-11-16-13(19-4-6-22-9-12(19)8-21)18-14(17-11)20-5-7-23-10-15(20,2)3/h12,21H,4-10H2,1-3H3/t12-/m1/s1. The molecular weight excluding hydrogens is 298 g/mol. The molecule has 128 valence electrons. The van der Waals surface area contributed by atoms with Gasteiger partial charge in [0.1, 0.15) is 5.82 Å². The molecule has 0 unspecified atom stereocenters. The largest absolute Gasteiger partial charge is 0.394 e. The molecule has 0 aromatic carbocycles. The molecule has 2 aliphatic heterocycles. The second kappa shape index (κ2) is 6.54. The van der Waals surface area contributed by atoms with Crippen LogP contribution in [-0.4, -0.2) is 77.8 Å². The van der Waals surface area contributed by atoms with Crippen molar-refractivity contribution in [3.63, 3.8) is 0 Å². The molecule has 1 N–H and O–H groups in total. The molecule has 2 saturated heterocycles. The fraction of sp³-hybridized carbons (Fsp3) is 0.800. The van der Waals surface area contributed by atoms with Crippen LogP contribution in [0.5, 0.6) is 0 Å². The van der Waals surface area contributed by atoms with Crippen LogP contribution in [0.2, 0.25) is 0 Å². The van der Waals surface area contributed by atoms with E-state index in [1.54, 1.807) is 0 Å². The quantitative estimate of drug-likeness (QED) is 0.832. The van der Waals surface area contributed by atoms with E-state index in [-0.39, 0.29) is 18.2 Å². The Labute approximate surface area is 136 Å². The summed E-state index contributed by atoms with van der Waals surface area (Å²) in [4.78, 5) is 17.9. The Bertz CT molecular complexity index is 554. The second-order valence-corrected chi connectivity index (χ2v) is 6.60. The van der Waals surface area contributed by atoms with Crippen LogP contribution in [-0.2, 0) is 9.47 Å². The third-order valence-electron chi connectivity index (χ3n) is 4.31. The number of anilines is 2. The van der Waals surface area contributed by atoms with Crippen molar-refractivity contribution in [2.45, 2.75) is 32.4 Å². The van der Waals surface area contributed by atoms with Crippen LogP contribution in [0.15, 0.2) is 0 Å². The minimum absolute atomic E-state index is 0.0170. The molecule has 1 atom stereocenters. The summed E-state index contributed by atoms with van der Waals surface area (Å²) in [5.74, 6) is 1.96. The Morgan fingerprint density at radius 1 is 1.13 bits per heavy atom. The summed E-state index contributed by atoms with van der Waals surface area (Å²) < 4.78 is 11.0. The number of nitrogens with zero attached hydrogens (tertiary/aromatic N) is 5. The molecule has 8 nitrogen and oxygen atoms in total. The average molecular weight is 323 g/mol. The normalized spacial score (nSPS) is 24.8. The lowest BCUT2D eigenvalue weighted by atomic mass is 10.0. The Kier molecular flexibility index (Phi) is 4.65. The minimum Gasteiger partial charge on any atom is -0.394 e. The Hall–Kier alpha value is -1.51. The maximum absolute atomic E-state index is 9.57. The zero-order chi connectivity index (χ0) is 16.4. The van der Waals surface area contributed by atoms with Crippen molar-refractivity contribution < 1.29 is 14.6 Å². The Morgan fingerprint density at radius 3 is 2.61 bits per heavy atom. The fourth-order valence-electron chi connectivity index (χ4n) is 3.00. The molecule has 0 aliphatic carbocycles. The van der Waals surface area contributed by atoms with E-state index in [2.05, 4.69) is 33.7 Å². The van der Waals surface area contributed by atoms with Crippen LogP contribution < -0.4 is 9.80 Å². The van der Waals surface area contributed by atoms with Gasteiger partial charge in [-0.25, -0.2) is 0 Å². The van der Waals surface area contributed by atoms with E-state index in [1.165, 1.54) is 0 Å². The van der Waals surface area contributed by atoms with Gasteiger partial charge >= 0.3 is 0 Å². The van der Waals surface area contributed by atoms with Crippen molar-refractivity contribution >= 4 is 11.9 Å². The first-order valence-corrected chi connectivity index (χ1v) is 8.04. The lowest BCUT2D eigenvalue weighted by Gasteiger charge is -2.42. The molecule has 3 heterocycles. The first-order chi connectivity index (χ1) is 11.0. The molecule has 0 bridgehead atoms. The summed E-state index contributed by atoms with van der Waals surface area (Å²) in [7, 11) is 0. The van der Waals surface area contributed by atoms with Gasteiger partial charge in [-0.1, -0.05) is 0 Å². The molecular formula is C15H25N5O3. The van der Waals surface area contributed by atoms with E-state index in [1.807, 2.05) is 11.8 Å². The van der Waals surface area contributed by atoms with Crippen molar-refractivity contribution in [3.8, 4) is 0 Å². The van der Waals surface area contributed by atoms with Gasteiger partial charge in [-0.05, 0) is 20.8 Å². The van der Waals surface area contributed by atoms with Gasteiger partial charge in [0.15, 0.2) is 0 Å². The number of aromatic nitrogens is 3. The zero-order valence-corrected chi connectivity index (χ0v) is 14.0. The number of morpholine rings is 2. The van der Waals surface area contributed by atoms with Crippen molar-refractivity contribution in [1.29, 1.82) is 0 Å². The summed E-state index contributed by atoms with van der Waals surface area (Å²) >= 11 is 0. The van der Waals surface area contributed by atoms with Gasteiger partial charge in [-0.3, -0.25) is 0 Å². The van der Waals surface area contributed by atoms with E-state index in [9.17, 15) is 5.11 Å². The number of rotatable bonds is 3. The molecule has 2 aliphatic rings. The van der Waals surface area contributed by atoms with Crippen molar-refractivity contribution in [2.75, 3.05) is 55.9 Å². The highest BCUT2D eigenvalue weighted by Crippen LogP contribution is 2.26. The van der Waals surface area contributed by atoms with Crippen LogP contribution in [0.25, 0.3) is 0 Å². The van der Waals surface area contributed by atoms with E-state index < -0.39 is 0 Å². The molecule has 1 aromatic heterocycles. The van der Waals surface area contributed by atoms with Crippen LogP contribution in [0.3, 0.4) is 0 Å². The molecule has 23 heavy (non-hydrogen) atoms. The highest BCUT2D eigenvalue weighted by atomic mass is 16.5. The van der Waals surface area contributed by atoms with Gasteiger partial charge in [0.05, 0.1) is 44.6 Å². The summed E-state index contributed by atoms with van der Waals surface area (Å²) in [6, 6.07) is -0.115. The Morgan fingerprint density at radius 2 is 1.87 bits per heavy atom. The van der Waals surface area contributed by atoms with Gasteiger partial charge in [-0.15, -0.1) is 0 Å². The van der Waals surface area contributed by atoms with Gasteiger partial charge < -0.3 is 24.4 Å². The SMILES string of the molecule is Cc1nc(N2CCOC[C@H]2CO)nc(N2CCOCC2(C)C)n1. The maximum Gasteiger partial charge on any atom is 0.231 e. The van der Waals surface area contributed by atoms with Crippen molar-refractivity contribution in [3.05, 3.63) is 5.82 Å². The predicted octanol–water partition coefficient (Wildman–Crippen LogP) is -0.00728. The zero-order valence-electron chi connectivity index (χ0n) is 14.0. The molecule has 0 saturated carbocycles. The summed E-state index contributed by atoms with van der Waals surface area (Å²) in [6.07, 6.45) is 0. The highest BCUT2D eigenvalue weighted by molar-refractivity contribution is 5.42. The number of hydrogen-bond donors (Lipinski definition) is 1. The molecule has 1 aromatic rings. The van der Waals surface area contributed by atoms with Gasteiger partial charge in [0.2, 0.25) is 11.9 Å². The third-order valence-corrected chi connectivity index (χ3v) is 4.31. The lowest BCUT2D eigenvalue weighted by Crippen LogP contribution is -2.54. The first-order valence-electron chi connectivity index (χ1n) is 8.04. The molecule has 0 spiro atoms. The van der Waals surface area contributed by atoms with Gasteiger partial charge in [-0.2, -0.15) is 15.0 Å². The van der Waals surface area contributed by atoms with Crippen molar-refractivity contribution in [1.82, 2.24) is 15.0 Å². The second-order valence-electron chi connectivity index (χ2n) is 6.60. The number of hydrogen-bond acceptors (Lipinski definition) is 8. The smallest absolute Gasteiger partial charge is 0.231 e. The predicted molar refractivity (Wildman–Crippen MR) is 85.8 cm³/mol. The van der Waals surface area contributed by atoms with Crippen LogP contribution >= 0.6 is 0 Å². The maximum atomic E-state index is 9.57. The van der Waals surface area contributed by atoms with Crippen LogP contribution in [0.4, 0.5) is 11.9 Å². The summed E-state index contributed by atoms with van der Waals surface area (Å²) in [6.45, 7) is 9.96. The number of aryl methyl sites for hydroxylation is 1. The molecule has 3 rings (SSSR count). The highest BCUT2D eigenvalue weighted by Gasteiger charge is 2.34. The van der Waals surface area contributed by atoms with Gasteiger partial charge in [0.25, 0.3) is 0 Å². The molecule has 0 radical (unpaired) electrons. The number of ether oxygens (including phenoxy) is 2. The third kappa shape index (κ3) is 3.39. The number of aliphatic hydroxyl groups excluding tert-OH is 1. The monoisotopic (exact) mass is 323 g/mol. The summed E-state index contributed by atoms with van der Waals surface area (Å²) in [5.41, 5.74) is -0.162. The average Bonchev–Trinajstić information content (AvgIpc) is 2.53. The molecule has 2 fully saturated rings. The van der Waals surface area contributed by atoms with E-state index in [4.69, 9.17) is 9.47 Å². The van der Waals surface area contributed by atoms with Crippen LogP contribution in [0, 0.1) is 6.92 Å². The van der Waals surface area contributed by atoms with E-state index in [0.717, 1.165) is 6.54 Å². The Balaban J connectivity index is 1.92. The molecule has 0 amide bonds. The molecule has 8 heteroatoms. The van der Waals surface area contributed by atoms with E-state index in [0.29, 0.717) is 50.7 Å². The fourth-order valence-corrected chi connectivity index (χ4v) is 3.00. The van der Waals surface area contributed by atoms with Crippen LogP contribution in [0.1, 0.15) is 19.7 Å². The minimum atomic E-state index is -0.162. The lowest BCUT2D eigenvalue weighted by molar-refractivity contribution is 0.0631. The topological polar surface area (TPSA) is 83.8 Å².